The third-order valence-corrected chi connectivity index (χ3v) is 4.46. The van der Waals surface area contributed by atoms with E-state index in [2.05, 4.69) is 50.3 Å². The first-order valence-corrected chi connectivity index (χ1v) is 7.18. The minimum Gasteiger partial charge on any atom is -0.147 e. The monoisotopic (exact) mass is 435 g/mol. The molecule has 0 spiro atoms. The first-order valence-electron chi connectivity index (χ1n) is 5.39. The third-order valence-electron chi connectivity index (χ3n) is 2.86. The van der Waals surface area contributed by atoms with E-state index in [9.17, 15) is 0 Å². The number of halogens is 2. The van der Waals surface area contributed by atoms with Gasteiger partial charge in [-0.15, -0.1) is 24.8 Å². The standard InChI is InChI=1S/C14H15.2ClH.Hf/c1-11(2)13-8-9-14(10-13)12-6-4-3-5-7-12;;;/h3-7,10-11H,8H2,1-2H3;2*1H;. The van der Waals surface area contributed by atoms with Crippen LogP contribution in [-0.4, -0.2) is 0 Å². The maximum Gasteiger partial charge on any atom is -0.147 e. The van der Waals surface area contributed by atoms with Gasteiger partial charge in [-0.05, 0) is 0 Å². The summed E-state index contributed by atoms with van der Waals surface area (Å²) in [6, 6.07) is 10.8. The van der Waals surface area contributed by atoms with Gasteiger partial charge in [0.1, 0.15) is 0 Å². The second-order valence-corrected chi connectivity index (χ2v) is 6.48. The van der Waals surface area contributed by atoms with Crippen molar-refractivity contribution in [3.63, 3.8) is 0 Å². The molecule has 1 aliphatic rings. The zero-order valence-corrected chi connectivity index (χ0v) is 15.3. The molecule has 0 fully saturated rings. The van der Waals surface area contributed by atoms with Gasteiger partial charge >= 0.3 is 107 Å². The Morgan fingerprint density at radius 1 is 1.06 bits per heavy atom. The molecule has 0 unspecified atom stereocenters. The molecule has 0 saturated carbocycles. The zero-order chi connectivity index (χ0) is 10.8. The zero-order valence-electron chi connectivity index (χ0n) is 10.1. The molecule has 0 N–H and O–H groups in total. The molecule has 0 nitrogen and oxygen atoms in total. The summed E-state index contributed by atoms with van der Waals surface area (Å²) in [6.45, 7) is 4.57. The van der Waals surface area contributed by atoms with Crippen LogP contribution < -0.4 is 0 Å². The predicted octanol–water partition coefficient (Wildman–Crippen LogP) is 4.77. The molecule has 91 valence electrons. The van der Waals surface area contributed by atoms with E-state index < -0.39 is 0 Å². The van der Waals surface area contributed by atoms with Crippen LogP contribution in [0, 0.1) is 5.92 Å². The molecular weight excluding hydrogens is 418 g/mol. The van der Waals surface area contributed by atoms with E-state index in [1.54, 1.807) is 8.90 Å². The van der Waals surface area contributed by atoms with Gasteiger partial charge in [-0.25, -0.2) is 0 Å². The topological polar surface area (TPSA) is 0 Å². The van der Waals surface area contributed by atoms with Crippen molar-refractivity contribution in [2.45, 2.75) is 20.3 Å². The van der Waals surface area contributed by atoms with Gasteiger partial charge in [-0.3, -0.25) is 0 Å². The first-order chi connectivity index (χ1) is 7.18. The van der Waals surface area contributed by atoms with Crippen LogP contribution in [-0.2, 0) is 24.4 Å². The molecule has 1 aromatic carbocycles. The Labute approximate surface area is 131 Å². The van der Waals surface area contributed by atoms with E-state index in [0.717, 1.165) is 0 Å². The van der Waals surface area contributed by atoms with E-state index in [4.69, 9.17) is 0 Å². The van der Waals surface area contributed by atoms with Gasteiger partial charge in [0, 0.05) is 0 Å². The van der Waals surface area contributed by atoms with Crippen LogP contribution >= 0.6 is 24.8 Å². The summed E-state index contributed by atoms with van der Waals surface area (Å²) >= 11 is 1.18. The summed E-state index contributed by atoms with van der Waals surface area (Å²) in [5.41, 5.74) is 4.47. The molecule has 0 aromatic heterocycles. The fourth-order valence-corrected chi connectivity index (χ4v) is 3.38. The van der Waals surface area contributed by atoms with Crippen molar-refractivity contribution in [3.05, 3.63) is 50.9 Å². The minimum atomic E-state index is 0. The van der Waals surface area contributed by atoms with Gasteiger partial charge in [0.15, 0.2) is 0 Å². The van der Waals surface area contributed by atoms with Crippen molar-refractivity contribution in [1.29, 1.82) is 0 Å². The second-order valence-electron chi connectivity index (χ2n) is 4.31. The van der Waals surface area contributed by atoms with Gasteiger partial charge in [0.25, 0.3) is 0 Å². The van der Waals surface area contributed by atoms with Crippen molar-refractivity contribution < 1.29 is 24.4 Å². The number of hydrogen-bond donors (Lipinski definition) is 0. The molecule has 0 aliphatic heterocycles. The normalized spacial score (nSPS) is 14.1. The minimum absolute atomic E-state index is 0. The number of allylic oxidation sites excluding steroid dienone is 4. The fourth-order valence-electron chi connectivity index (χ4n) is 1.87. The Bertz CT molecular complexity index is 419. The van der Waals surface area contributed by atoms with E-state index >= 15 is 0 Å². The van der Waals surface area contributed by atoms with Gasteiger partial charge in [-0.1, -0.05) is 0 Å². The summed E-state index contributed by atoms with van der Waals surface area (Å²) in [7, 11) is 0. The van der Waals surface area contributed by atoms with Crippen molar-refractivity contribution in [3.8, 4) is 0 Å². The Balaban J connectivity index is 0.00000128. The molecule has 1 aromatic rings. The largest absolute Gasteiger partial charge is 0.147 e. The van der Waals surface area contributed by atoms with Crippen LogP contribution in [0.2, 0.25) is 0 Å². The molecule has 0 atom stereocenters. The Morgan fingerprint density at radius 3 is 2.12 bits per heavy atom. The Morgan fingerprint density at radius 2 is 1.65 bits per heavy atom. The van der Waals surface area contributed by atoms with E-state index in [1.807, 2.05) is 0 Å². The van der Waals surface area contributed by atoms with E-state index in [1.165, 1.54) is 41.9 Å². The third kappa shape index (κ3) is 4.08. The Hall–Kier alpha value is 0.150. The first kappa shape index (κ1) is 17.2. The molecule has 0 saturated heterocycles. The average Bonchev–Trinajstić information content (AvgIpc) is 2.62. The average molecular weight is 435 g/mol. The number of hydrogen-bond acceptors (Lipinski definition) is 0. The van der Waals surface area contributed by atoms with Crippen LogP contribution in [0.3, 0.4) is 0 Å². The van der Waals surface area contributed by atoms with Gasteiger partial charge in [0.05, 0.1) is 0 Å². The maximum absolute atomic E-state index is 2.41. The summed E-state index contributed by atoms with van der Waals surface area (Å²) < 4.78 is 1.64. The SMILES string of the molecule is CC(C)C1=CC(c2ccccc2)=[C]([Hf])C1.Cl.Cl. The van der Waals surface area contributed by atoms with Gasteiger partial charge < -0.3 is 0 Å². The van der Waals surface area contributed by atoms with Gasteiger partial charge in [0.2, 0.25) is 0 Å². The smallest absolute Gasteiger partial charge is 0.147 e. The van der Waals surface area contributed by atoms with Crippen LogP contribution in [0.5, 0.6) is 0 Å². The van der Waals surface area contributed by atoms with Crippen LogP contribution in [0.15, 0.2) is 45.3 Å². The summed E-state index contributed by atoms with van der Waals surface area (Å²) in [5.74, 6) is 0.690. The summed E-state index contributed by atoms with van der Waals surface area (Å²) in [5, 5.41) is 0. The molecule has 0 bridgehead atoms. The van der Waals surface area contributed by atoms with Crippen molar-refractivity contribution in [1.82, 2.24) is 0 Å². The number of benzene rings is 1. The maximum atomic E-state index is 2.41. The van der Waals surface area contributed by atoms with E-state index in [0.29, 0.717) is 5.92 Å². The van der Waals surface area contributed by atoms with Crippen LogP contribution in [0.1, 0.15) is 25.8 Å². The molecule has 0 amide bonds. The Kier molecular flexibility index (Phi) is 7.62. The van der Waals surface area contributed by atoms with Crippen molar-refractivity contribution >= 4 is 30.4 Å². The van der Waals surface area contributed by atoms with Gasteiger partial charge in [-0.2, -0.15) is 0 Å². The predicted molar refractivity (Wildman–Crippen MR) is 75.4 cm³/mol. The second kappa shape index (κ2) is 7.56. The molecule has 1 aliphatic carbocycles. The van der Waals surface area contributed by atoms with Crippen LogP contribution in [0.4, 0.5) is 0 Å². The van der Waals surface area contributed by atoms with E-state index in [-0.39, 0.29) is 24.8 Å². The molecule has 0 heterocycles. The number of rotatable bonds is 2. The molecule has 0 radical (unpaired) electrons. The fraction of sp³-hybridized carbons (Fsp3) is 0.286. The molecule has 17 heavy (non-hydrogen) atoms. The van der Waals surface area contributed by atoms with Crippen LogP contribution in [0.25, 0.3) is 5.57 Å². The van der Waals surface area contributed by atoms with Crippen molar-refractivity contribution in [2.75, 3.05) is 0 Å². The summed E-state index contributed by atoms with van der Waals surface area (Å²) in [4.78, 5) is 0. The van der Waals surface area contributed by atoms with Crippen molar-refractivity contribution in [2.24, 2.45) is 5.92 Å². The quantitative estimate of drug-likeness (QED) is 0.588. The summed E-state index contributed by atoms with van der Waals surface area (Å²) in [6.07, 6.45) is 3.62. The molecule has 2 rings (SSSR count). The molecular formula is C14H17Cl2Hf. The molecule has 3 heteroatoms.